The number of rotatable bonds is 1. The van der Waals surface area contributed by atoms with Gasteiger partial charge in [-0.2, -0.15) is 0 Å². The first kappa shape index (κ1) is 14.7. The van der Waals surface area contributed by atoms with Crippen LogP contribution >= 0.6 is 0 Å². The number of aliphatic hydroxyl groups excluding tert-OH is 1. The normalized spacial score (nSPS) is 50.4. The van der Waals surface area contributed by atoms with Crippen molar-refractivity contribution in [1.29, 1.82) is 0 Å². The number of para-hydroxylation sites is 1. The molecule has 6 rings (SSSR count). The van der Waals surface area contributed by atoms with Gasteiger partial charge >= 0.3 is 0 Å². The molecule has 2 saturated heterocycles. The first-order valence-electron chi connectivity index (χ1n) is 9.43. The molecular formula is C20H24N2O3. The number of nitrogens with one attached hydrogen (secondary N) is 1. The van der Waals surface area contributed by atoms with Crippen LogP contribution in [0.15, 0.2) is 24.3 Å². The zero-order valence-corrected chi connectivity index (χ0v) is 14.6. The molecule has 3 aliphatic heterocycles. The number of piperidine rings is 1. The summed E-state index contributed by atoms with van der Waals surface area (Å²) in [5.41, 5.74) is 1.14. The van der Waals surface area contributed by atoms with E-state index in [1.165, 1.54) is 0 Å². The van der Waals surface area contributed by atoms with Crippen LogP contribution in [-0.2, 0) is 14.9 Å². The molecule has 5 aliphatic rings. The monoisotopic (exact) mass is 340 g/mol. The number of hydrogen-bond donors (Lipinski definition) is 2. The lowest BCUT2D eigenvalue weighted by Gasteiger charge is -2.56. The molecule has 132 valence electrons. The minimum absolute atomic E-state index is 0.0780. The van der Waals surface area contributed by atoms with E-state index in [1.807, 2.05) is 25.1 Å². The number of carbonyl (C=O) groups is 1. The number of hydrogen-bond acceptors (Lipinski definition) is 4. The summed E-state index contributed by atoms with van der Waals surface area (Å²) < 4.78 is 6.32. The molecule has 5 nitrogen and oxygen atoms in total. The summed E-state index contributed by atoms with van der Waals surface area (Å²) in [4.78, 5) is 15.9. The van der Waals surface area contributed by atoms with Gasteiger partial charge in [-0.05, 0) is 37.9 Å². The number of likely N-dealkylation sites (tertiary alicyclic amines) is 1. The fourth-order valence-corrected chi connectivity index (χ4v) is 7.74. The van der Waals surface area contributed by atoms with Crippen molar-refractivity contribution in [2.24, 2.45) is 23.2 Å². The smallest absolute Gasteiger partial charge is 0.238 e. The molecule has 2 N–H and O–H groups in total. The van der Waals surface area contributed by atoms with Gasteiger partial charge in [-0.3, -0.25) is 4.79 Å². The first-order valence-corrected chi connectivity index (χ1v) is 9.43. The summed E-state index contributed by atoms with van der Waals surface area (Å²) >= 11 is 0. The molecule has 0 radical (unpaired) electrons. The predicted octanol–water partition coefficient (Wildman–Crippen LogP) is 1.22. The van der Waals surface area contributed by atoms with E-state index < -0.39 is 11.5 Å². The van der Waals surface area contributed by atoms with Crippen molar-refractivity contribution in [3.8, 4) is 0 Å². The lowest BCUT2D eigenvalue weighted by Crippen LogP contribution is -2.65. The Balaban J connectivity index is 1.68. The number of aliphatic hydroxyl groups is 1. The summed E-state index contributed by atoms with van der Waals surface area (Å²) in [6.07, 6.45) is 0.389. The number of benzene rings is 1. The number of ether oxygens (including phenoxy) is 1. The van der Waals surface area contributed by atoms with Crippen LogP contribution in [0.1, 0.15) is 18.9 Å². The van der Waals surface area contributed by atoms with Gasteiger partial charge in [0, 0.05) is 35.5 Å². The highest BCUT2D eigenvalue weighted by molar-refractivity contribution is 6.07. The molecule has 0 aromatic heterocycles. The Morgan fingerprint density at radius 1 is 1.40 bits per heavy atom. The third-order valence-corrected chi connectivity index (χ3v) is 8.33. The molecule has 1 aromatic carbocycles. The van der Waals surface area contributed by atoms with Crippen molar-refractivity contribution < 1.29 is 14.6 Å². The van der Waals surface area contributed by atoms with Gasteiger partial charge < -0.3 is 20.1 Å². The molecule has 8 atom stereocenters. The average molecular weight is 340 g/mol. The first-order chi connectivity index (χ1) is 12.0. The number of carbonyl (C=O) groups excluding carboxylic acids is 1. The second kappa shape index (κ2) is 4.27. The molecule has 0 unspecified atom stereocenters. The Labute approximate surface area is 147 Å². The Hall–Kier alpha value is -1.43. The second-order valence-electron chi connectivity index (χ2n) is 8.87. The van der Waals surface area contributed by atoms with Gasteiger partial charge in [-0.15, -0.1) is 0 Å². The molecular weight excluding hydrogens is 316 g/mol. The number of fused-ring (bicyclic) bond motifs is 5. The Morgan fingerprint density at radius 3 is 3.00 bits per heavy atom. The van der Waals surface area contributed by atoms with E-state index in [9.17, 15) is 9.90 Å². The van der Waals surface area contributed by atoms with E-state index in [-0.39, 0.29) is 23.3 Å². The van der Waals surface area contributed by atoms with Crippen LogP contribution in [0.3, 0.4) is 0 Å². The Morgan fingerprint density at radius 2 is 2.20 bits per heavy atom. The van der Waals surface area contributed by atoms with Crippen LogP contribution in [0.2, 0.25) is 0 Å². The summed E-state index contributed by atoms with van der Waals surface area (Å²) in [5, 5.41) is 14.1. The van der Waals surface area contributed by atoms with Crippen molar-refractivity contribution in [1.82, 2.24) is 4.90 Å². The number of nitrogens with zero attached hydrogens (tertiary/aromatic N) is 1. The molecule has 25 heavy (non-hydrogen) atoms. The average Bonchev–Trinajstić information content (AvgIpc) is 3.09. The third kappa shape index (κ3) is 1.30. The zero-order valence-electron chi connectivity index (χ0n) is 14.6. The molecule has 2 aliphatic carbocycles. The van der Waals surface area contributed by atoms with Crippen molar-refractivity contribution >= 4 is 11.6 Å². The summed E-state index contributed by atoms with van der Waals surface area (Å²) in [6.45, 7) is 3.53. The van der Waals surface area contributed by atoms with Gasteiger partial charge in [0.1, 0.15) is 5.41 Å². The fraction of sp³-hybridized carbons (Fsp3) is 0.650. The van der Waals surface area contributed by atoms with E-state index in [0.717, 1.165) is 24.2 Å². The van der Waals surface area contributed by atoms with Gasteiger partial charge in [0.2, 0.25) is 5.91 Å². The van der Waals surface area contributed by atoms with Gasteiger partial charge in [0.15, 0.2) is 0 Å². The highest BCUT2D eigenvalue weighted by Crippen LogP contribution is 2.73. The summed E-state index contributed by atoms with van der Waals surface area (Å²) in [5.74, 6) is 1.08. The van der Waals surface area contributed by atoms with E-state index in [0.29, 0.717) is 24.5 Å². The van der Waals surface area contributed by atoms with Crippen molar-refractivity contribution in [3.05, 3.63) is 29.8 Å². The fourth-order valence-electron chi connectivity index (χ4n) is 7.74. The molecule has 4 fully saturated rings. The quantitative estimate of drug-likeness (QED) is 0.807. The second-order valence-corrected chi connectivity index (χ2v) is 8.87. The van der Waals surface area contributed by atoms with Crippen LogP contribution in [0.5, 0.6) is 0 Å². The summed E-state index contributed by atoms with van der Waals surface area (Å²) in [6, 6.07) is 8.40. The lowest BCUT2D eigenvalue weighted by molar-refractivity contribution is -0.179. The van der Waals surface area contributed by atoms with Gasteiger partial charge in [0.05, 0.1) is 18.8 Å². The molecule has 3 heterocycles. The van der Waals surface area contributed by atoms with E-state index >= 15 is 0 Å². The molecule has 1 amide bonds. The summed E-state index contributed by atoms with van der Waals surface area (Å²) in [7, 11) is 2.16. The number of amides is 1. The van der Waals surface area contributed by atoms with Crippen LogP contribution in [0.4, 0.5) is 5.69 Å². The van der Waals surface area contributed by atoms with Gasteiger partial charge in [0.25, 0.3) is 0 Å². The topological polar surface area (TPSA) is 61.8 Å². The van der Waals surface area contributed by atoms with E-state index in [2.05, 4.69) is 23.3 Å². The van der Waals surface area contributed by atoms with Crippen LogP contribution in [0.25, 0.3) is 0 Å². The SMILES string of the molecule is C[C@@H](O)[C@]12CN(C)[C@@H]3[C@@H]4CO[C@@H](C[C@@H]41)[C@@]1(C(=O)Nc4ccccc41)[C@H]32. The van der Waals surface area contributed by atoms with Gasteiger partial charge in [-0.1, -0.05) is 18.2 Å². The molecule has 2 saturated carbocycles. The predicted molar refractivity (Wildman–Crippen MR) is 92.1 cm³/mol. The van der Waals surface area contributed by atoms with Crippen LogP contribution < -0.4 is 5.32 Å². The standard InChI is InChI=1S/C20H24N2O3/c1-10(23)19-9-22(2)16-11-8-25-15(7-13(11)19)20(17(16)19)12-5-3-4-6-14(12)21-18(20)24/h3-6,10-11,13,15-17,23H,7-9H2,1-2H3,(H,21,24)/t10-,11-,13+,15+,16-,17-,19-,20-/m1/s1. The lowest BCUT2D eigenvalue weighted by atomic mass is 9.50. The maximum Gasteiger partial charge on any atom is 0.238 e. The zero-order chi connectivity index (χ0) is 17.1. The highest BCUT2D eigenvalue weighted by Gasteiger charge is 2.81. The van der Waals surface area contributed by atoms with E-state index in [1.54, 1.807) is 0 Å². The highest BCUT2D eigenvalue weighted by atomic mass is 16.5. The minimum atomic E-state index is -0.662. The van der Waals surface area contributed by atoms with Crippen LogP contribution in [-0.4, -0.2) is 54.4 Å². The van der Waals surface area contributed by atoms with Crippen molar-refractivity contribution in [3.63, 3.8) is 0 Å². The third-order valence-electron chi connectivity index (χ3n) is 8.33. The molecule has 1 spiro atoms. The maximum atomic E-state index is 13.5. The molecule has 5 heteroatoms. The van der Waals surface area contributed by atoms with E-state index in [4.69, 9.17) is 4.74 Å². The maximum absolute atomic E-state index is 13.5. The molecule has 1 aromatic rings. The minimum Gasteiger partial charge on any atom is -0.393 e. The Kier molecular flexibility index (Phi) is 2.51. The number of anilines is 1. The van der Waals surface area contributed by atoms with Crippen molar-refractivity contribution in [2.75, 3.05) is 25.5 Å². The molecule has 5 bridgehead atoms. The van der Waals surface area contributed by atoms with Crippen LogP contribution in [0, 0.1) is 23.2 Å². The Bertz CT molecular complexity index is 795. The largest absolute Gasteiger partial charge is 0.393 e. The van der Waals surface area contributed by atoms with Crippen molar-refractivity contribution in [2.45, 2.75) is 37.0 Å². The van der Waals surface area contributed by atoms with Gasteiger partial charge in [-0.25, -0.2) is 0 Å².